The maximum atomic E-state index is 12.4. The third-order valence-electron chi connectivity index (χ3n) is 4.70. The topological polar surface area (TPSA) is 57.7 Å². The minimum Gasteiger partial charge on any atom is -0.312 e. The Morgan fingerprint density at radius 3 is 2.86 bits per heavy atom. The quantitative estimate of drug-likeness (QED) is 0.832. The molecule has 1 aromatic rings. The molecule has 3 rings (SSSR count). The van der Waals surface area contributed by atoms with Gasteiger partial charge in [0.25, 0.3) is 0 Å². The Balaban J connectivity index is 1.55. The lowest BCUT2D eigenvalue weighted by Crippen LogP contribution is -2.37. The molecule has 1 amide bonds. The van der Waals surface area contributed by atoms with Gasteiger partial charge in [0.05, 0.1) is 11.5 Å². The van der Waals surface area contributed by atoms with E-state index in [4.69, 9.17) is 0 Å². The first-order valence-corrected chi connectivity index (χ1v) is 9.57. The Kier molecular flexibility index (Phi) is 4.23. The number of sulfone groups is 1. The first-order chi connectivity index (χ1) is 10.5. The molecule has 6 heteroatoms. The standard InChI is InChI=1S/C16H22N2O3S/c1-17(14-8-11-22(20,21)12-14)9-7-16(19)18-10-6-13-4-2-3-5-15(13)18/h2-5,14H,6-12H2,1H3/t14-/m0/s1. The zero-order valence-electron chi connectivity index (χ0n) is 12.9. The highest BCUT2D eigenvalue weighted by Gasteiger charge is 2.31. The molecule has 1 saturated heterocycles. The number of para-hydroxylation sites is 1. The molecule has 0 unspecified atom stereocenters. The van der Waals surface area contributed by atoms with Crippen LogP contribution in [0.2, 0.25) is 0 Å². The van der Waals surface area contributed by atoms with Crippen molar-refractivity contribution in [1.82, 2.24) is 4.90 Å². The second kappa shape index (κ2) is 6.01. The Labute approximate surface area is 131 Å². The summed E-state index contributed by atoms with van der Waals surface area (Å²) in [7, 11) is -0.958. The van der Waals surface area contributed by atoms with Gasteiger partial charge >= 0.3 is 0 Å². The highest BCUT2D eigenvalue weighted by Crippen LogP contribution is 2.28. The van der Waals surface area contributed by atoms with E-state index in [0.717, 1.165) is 18.7 Å². The van der Waals surface area contributed by atoms with E-state index < -0.39 is 9.84 Å². The Hall–Kier alpha value is -1.40. The highest BCUT2D eigenvalue weighted by atomic mass is 32.2. The molecular weight excluding hydrogens is 300 g/mol. The minimum absolute atomic E-state index is 0.0589. The van der Waals surface area contributed by atoms with Crippen LogP contribution in [0, 0.1) is 0 Å². The van der Waals surface area contributed by atoms with Gasteiger partial charge in [-0.25, -0.2) is 8.42 Å². The van der Waals surface area contributed by atoms with Crippen molar-refractivity contribution in [2.75, 3.05) is 36.5 Å². The van der Waals surface area contributed by atoms with E-state index in [0.29, 0.717) is 19.4 Å². The number of amides is 1. The second-order valence-electron chi connectivity index (χ2n) is 6.21. The number of hydrogen-bond acceptors (Lipinski definition) is 4. The number of fused-ring (bicyclic) bond motifs is 1. The van der Waals surface area contributed by atoms with Crippen molar-refractivity contribution in [2.24, 2.45) is 0 Å². The Bertz CT molecular complexity index is 672. The summed E-state index contributed by atoms with van der Waals surface area (Å²) in [6.45, 7) is 1.36. The van der Waals surface area contributed by atoms with Gasteiger partial charge in [0.2, 0.25) is 5.91 Å². The number of carbonyl (C=O) groups is 1. The molecule has 0 spiro atoms. The summed E-state index contributed by atoms with van der Waals surface area (Å²) in [5.74, 6) is 0.623. The molecule has 1 aromatic carbocycles. The van der Waals surface area contributed by atoms with Gasteiger partial charge in [-0.15, -0.1) is 0 Å². The summed E-state index contributed by atoms with van der Waals surface area (Å²) in [5, 5.41) is 0. The maximum Gasteiger partial charge on any atom is 0.228 e. The number of nitrogens with zero attached hydrogens (tertiary/aromatic N) is 2. The van der Waals surface area contributed by atoms with Crippen molar-refractivity contribution in [1.29, 1.82) is 0 Å². The summed E-state index contributed by atoms with van der Waals surface area (Å²) < 4.78 is 23.1. The van der Waals surface area contributed by atoms with Crippen LogP contribution in [0.25, 0.3) is 0 Å². The summed E-state index contributed by atoms with van der Waals surface area (Å²) >= 11 is 0. The third-order valence-corrected chi connectivity index (χ3v) is 6.45. The van der Waals surface area contributed by atoms with Crippen molar-refractivity contribution < 1.29 is 13.2 Å². The van der Waals surface area contributed by atoms with Crippen LogP contribution in [-0.4, -0.2) is 56.9 Å². The molecule has 0 bridgehead atoms. The summed E-state index contributed by atoms with van der Waals surface area (Å²) in [6, 6.07) is 8.08. The van der Waals surface area contributed by atoms with E-state index in [2.05, 4.69) is 6.07 Å². The lowest BCUT2D eigenvalue weighted by atomic mass is 10.2. The average molecular weight is 322 g/mol. The molecule has 0 aliphatic carbocycles. The van der Waals surface area contributed by atoms with Gasteiger partial charge in [0.15, 0.2) is 9.84 Å². The van der Waals surface area contributed by atoms with E-state index in [1.54, 1.807) is 0 Å². The molecule has 0 saturated carbocycles. The number of anilines is 1. The summed E-state index contributed by atoms with van der Waals surface area (Å²) in [6.07, 6.45) is 2.03. The zero-order valence-corrected chi connectivity index (χ0v) is 13.7. The predicted molar refractivity (Wildman–Crippen MR) is 86.8 cm³/mol. The monoisotopic (exact) mass is 322 g/mol. The zero-order chi connectivity index (χ0) is 15.7. The fourth-order valence-electron chi connectivity index (χ4n) is 3.31. The molecule has 5 nitrogen and oxygen atoms in total. The fourth-order valence-corrected chi connectivity index (χ4v) is 5.12. The van der Waals surface area contributed by atoms with Gasteiger partial charge in [-0.2, -0.15) is 0 Å². The van der Waals surface area contributed by atoms with Gasteiger partial charge in [-0.05, 0) is 31.5 Å². The predicted octanol–water partition coefficient (Wildman–Crippen LogP) is 1.08. The molecule has 0 radical (unpaired) electrons. The van der Waals surface area contributed by atoms with Crippen LogP contribution in [0.3, 0.4) is 0 Å². The minimum atomic E-state index is -2.87. The van der Waals surface area contributed by atoms with E-state index in [1.165, 1.54) is 5.56 Å². The molecular formula is C16H22N2O3S. The molecule has 2 aliphatic heterocycles. The molecule has 2 aliphatic rings. The van der Waals surface area contributed by atoms with Crippen molar-refractivity contribution in [3.8, 4) is 0 Å². The lowest BCUT2D eigenvalue weighted by molar-refractivity contribution is -0.118. The smallest absolute Gasteiger partial charge is 0.228 e. The van der Waals surface area contributed by atoms with Crippen molar-refractivity contribution in [2.45, 2.75) is 25.3 Å². The first-order valence-electron chi connectivity index (χ1n) is 7.75. The molecule has 0 aromatic heterocycles. The number of carbonyl (C=O) groups excluding carboxylic acids is 1. The lowest BCUT2D eigenvalue weighted by Gasteiger charge is -2.24. The van der Waals surface area contributed by atoms with Crippen LogP contribution in [0.1, 0.15) is 18.4 Å². The van der Waals surface area contributed by atoms with Crippen LogP contribution in [-0.2, 0) is 21.1 Å². The van der Waals surface area contributed by atoms with Gasteiger partial charge in [-0.1, -0.05) is 18.2 Å². The summed E-state index contributed by atoms with van der Waals surface area (Å²) in [5.41, 5.74) is 2.25. The molecule has 1 atom stereocenters. The maximum absolute atomic E-state index is 12.4. The van der Waals surface area contributed by atoms with E-state index in [-0.39, 0.29) is 23.5 Å². The van der Waals surface area contributed by atoms with Gasteiger partial charge < -0.3 is 9.80 Å². The Morgan fingerprint density at radius 1 is 1.36 bits per heavy atom. The van der Waals surface area contributed by atoms with Crippen LogP contribution in [0.15, 0.2) is 24.3 Å². The van der Waals surface area contributed by atoms with Gasteiger partial charge in [-0.3, -0.25) is 4.79 Å². The van der Waals surface area contributed by atoms with E-state index >= 15 is 0 Å². The number of hydrogen-bond donors (Lipinski definition) is 0. The van der Waals surface area contributed by atoms with Crippen molar-refractivity contribution >= 4 is 21.4 Å². The number of benzene rings is 1. The van der Waals surface area contributed by atoms with Crippen LogP contribution in [0.5, 0.6) is 0 Å². The van der Waals surface area contributed by atoms with Crippen LogP contribution < -0.4 is 4.90 Å². The normalized spacial score (nSPS) is 23.0. The molecule has 120 valence electrons. The van der Waals surface area contributed by atoms with Gasteiger partial charge in [0, 0.05) is 31.2 Å². The second-order valence-corrected chi connectivity index (χ2v) is 8.44. The number of rotatable bonds is 4. The van der Waals surface area contributed by atoms with Crippen molar-refractivity contribution in [3.05, 3.63) is 29.8 Å². The molecule has 22 heavy (non-hydrogen) atoms. The fraction of sp³-hybridized carbons (Fsp3) is 0.562. The SMILES string of the molecule is CN(CCC(=O)N1CCc2ccccc21)[C@H]1CCS(=O)(=O)C1. The third kappa shape index (κ3) is 3.17. The van der Waals surface area contributed by atoms with Crippen molar-refractivity contribution in [3.63, 3.8) is 0 Å². The Morgan fingerprint density at radius 2 is 2.14 bits per heavy atom. The van der Waals surface area contributed by atoms with E-state index in [1.807, 2.05) is 35.0 Å². The van der Waals surface area contributed by atoms with E-state index in [9.17, 15) is 13.2 Å². The highest BCUT2D eigenvalue weighted by molar-refractivity contribution is 7.91. The molecule has 2 heterocycles. The first kappa shape index (κ1) is 15.5. The summed E-state index contributed by atoms with van der Waals surface area (Å²) in [4.78, 5) is 16.3. The largest absolute Gasteiger partial charge is 0.312 e. The van der Waals surface area contributed by atoms with Crippen LogP contribution in [0.4, 0.5) is 5.69 Å². The van der Waals surface area contributed by atoms with Crippen LogP contribution >= 0.6 is 0 Å². The molecule has 1 fully saturated rings. The van der Waals surface area contributed by atoms with Gasteiger partial charge in [0.1, 0.15) is 0 Å². The molecule has 0 N–H and O–H groups in total. The average Bonchev–Trinajstić information content (AvgIpc) is 3.07.